The highest BCUT2D eigenvalue weighted by Gasteiger charge is 2.15. The number of aryl methyl sites for hydroxylation is 1. The zero-order valence-corrected chi connectivity index (χ0v) is 14.8. The Balaban J connectivity index is 1.92. The van der Waals surface area contributed by atoms with Gasteiger partial charge in [0.2, 0.25) is 0 Å². The highest BCUT2D eigenvalue weighted by Crippen LogP contribution is 2.22. The second-order valence-corrected chi connectivity index (χ2v) is 7.04. The van der Waals surface area contributed by atoms with E-state index < -0.39 is 5.97 Å². The predicted octanol–water partition coefficient (Wildman–Crippen LogP) is 4.45. The summed E-state index contributed by atoms with van der Waals surface area (Å²) >= 11 is 6.15. The third kappa shape index (κ3) is 6.16. The summed E-state index contributed by atoms with van der Waals surface area (Å²) in [6, 6.07) is 5.15. The number of aliphatic carboxylic acids is 1. The normalized spacial score (nSPS) is 16.2. The van der Waals surface area contributed by atoms with Crippen LogP contribution in [0.1, 0.15) is 67.3 Å². The summed E-state index contributed by atoms with van der Waals surface area (Å²) in [5.74, 6) is -0.470. The van der Waals surface area contributed by atoms with Crippen molar-refractivity contribution in [1.82, 2.24) is 5.32 Å². The van der Waals surface area contributed by atoms with Crippen molar-refractivity contribution in [3.8, 4) is 0 Å². The molecule has 1 aliphatic rings. The summed E-state index contributed by atoms with van der Waals surface area (Å²) in [7, 11) is 0. The van der Waals surface area contributed by atoms with Crippen LogP contribution >= 0.6 is 11.6 Å². The molecule has 5 heteroatoms. The van der Waals surface area contributed by atoms with Gasteiger partial charge >= 0.3 is 5.97 Å². The Morgan fingerprint density at radius 2 is 1.79 bits per heavy atom. The summed E-state index contributed by atoms with van der Waals surface area (Å²) in [6.07, 6.45) is 9.19. The van der Waals surface area contributed by atoms with E-state index in [9.17, 15) is 9.59 Å². The quantitative estimate of drug-likeness (QED) is 0.795. The van der Waals surface area contributed by atoms with Gasteiger partial charge in [-0.15, -0.1) is 0 Å². The third-order valence-corrected chi connectivity index (χ3v) is 5.01. The van der Waals surface area contributed by atoms with Crippen molar-refractivity contribution in [2.75, 3.05) is 6.54 Å². The second kappa shape index (κ2) is 9.67. The van der Waals surface area contributed by atoms with Gasteiger partial charge in [-0.2, -0.15) is 0 Å². The smallest absolute Gasteiger partial charge is 0.303 e. The Hall–Kier alpha value is -1.55. The molecule has 1 fully saturated rings. The van der Waals surface area contributed by atoms with Crippen molar-refractivity contribution in [2.24, 2.45) is 5.92 Å². The molecule has 0 unspecified atom stereocenters. The van der Waals surface area contributed by atoms with Gasteiger partial charge in [0.1, 0.15) is 0 Å². The molecule has 132 valence electrons. The van der Waals surface area contributed by atoms with Crippen molar-refractivity contribution in [2.45, 2.75) is 57.8 Å². The van der Waals surface area contributed by atoms with E-state index in [0.717, 1.165) is 5.56 Å². The summed E-state index contributed by atoms with van der Waals surface area (Å²) < 4.78 is 0. The fourth-order valence-electron chi connectivity index (χ4n) is 3.23. The highest BCUT2D eigenvalue weighted by molar-refractivity contribution is 6.33. The molecule has 1 saturated carbocycles. The maximum Gasteiger partial charge on any atom is 0.303 e. The molecule has 1 aromatic rings. The fourth-order valence-corrected chi connectivity index (χ4v) is 3.43. The molecule has 1 aromatic carbocycles. The van der Waals surface area contributed by atoms with Crippen LogP contribution < -0.4 is 5.32 Å². The largest absolute Gasteiger partial charge is 0.481 e. The Morgan fingerprint density at radius 1 is 1.12 bits per heavy atom. The van der Waals surface area contributed by atoms with E-state index >= 15 is 0 Å². The lowest BCUT2D eigenvalue weighted by Gasteiger charge is -2.20. The van der Waals surface area contributed by atoms with Crippen molar-refractivity contribution >= 4 is 23.5 Å². The summed E-state index contributed by atoms with van der Waals surface area (Å²) in [5.41, 5.74) is 1.25. The molecule has 0 aliphatic heterocycles. The number of rotatable bonds is 6. The molecule has 0 radical (unpaired) electrons. The van der Waals surface area contributed by atoms with E-state index in [2.05, 4.69) is 5.32 Å². The number of carbonyl (C=O) groups is 2. The molecule has 0 atom stereocenters. The topological polar surface area (TPSA) is 66.4 Å². The van der Waals surface area contributed by atoms with Crippen LogP contribution in [0.5, 0.6) is 0 Å². The molecule has 0 bridgehead atoms. The van der Waals surface area contributed by atoms with Gasteiger partial charge < -0.3 is 10.4 Å². The molecule has 1 amide bonds. The summed E-state index contributed by atoms with van der Waals surface area (Å²) in [6.45, 7) is 0.689. The zero-order valence-electron chi connectivity index (χ0n) is 14.0. The van der Waals surface area contributed by atoms with Crippen LogP contribution in [0.25, 0.3) is 0 Å². The Bertz CT molecular complexity index is 566. The first-order valence-electron chi connectivity index (χ1n) is 8.84. The lowest BCUT2D eigenvalue weighted by molar-refractivity contribution is -0.136. The van der Waals surface area contributed by atoms with Crippen LogP contribution in [0.3, 0.4) is 0 Å². The minimum atomic E-state index is -0.847. The number of carbonyl (C=O) groups excluding carboxylic acids is 1. The molecule has 2 rings (SSSR count). The Labute approximate surface area is 148 Å². The number of hydrogen-bond acceptors (Lipinski definition) is 2. The van der Waals surface area contributed by atoms with Gasteiger partial charge in [0.25, 0.3) is 5.91 Å². The average molecular weight is 352 g/mol. The molecule has 0 heterocycles. The maximum atomic E-state index is 12.4. The lowest BCUT2D eigenvalue weighted by Crippen LogP contribution is -2.30. The monoisotopic (exact) mass is 351 g/mol. The molecule has 24 heavy (non-hydrogen) atoms. The average Bonchev–Trinajstić information content (AvgIpc) is 2.52. The number of amides is 1. The Kier molecular flexibility index (Phi) is 7.57. The van der Waals surface area contributed by atoms with Crippen LogP contribution in [-0.2, 0) is 11.2 Å². The SMILES string of the molecule is O=C(O)CCc1ccc(Cl)c(C(=O)NCC2CCCCCCC2)c1. The maximum absolute atomic E-state index is 12.4. The van der Waals surface area contributed by atoms with Crippen LogP contribution in [0, 0.1) is 5.92 Å². The van der Waals surface area contributed by atoms with Crippen LogP contribution in [0.4, 0.5) is 0 Å². The van der Waals surface area contributed by atoms with E-state index in [1.807, 2.05) is 0 Å². The molecule has 0 saturated heterocycles. The summed E-state index contributed by atoms with van der Waals surface area (Å²) in [5, 5.41) is 12.2. The standard InChI is InChI=1S/C19H26ClNO3/c20-17-10-8-14(9-11-18(22)23)12-16(17)19(24)21-13-15-6-4-2-1-3-5-7-15/h8,10,12,15H,1-7,9,11,13H2,(H,21,24)(H,22,23). The number of carboxylic acids is 1. The second-order valence-electron chi connectivity index (χ2n) is 6.63. The molecule has 1 aliphatic carbocycles. The molecule has 2 N–H and O–H groups in total. The first kappa shape index (κ1) is 18.8. The molecular weight excluding hydrogens is 326 g/mol. The molecule has 0 aromatic heterocycles. The van der Waals surface area contributed by atoms with Gasteiger partial charge in [-0.1, -0.05) is 49.8 Å². The highest BCUT2D eigenvalue weighted by atomic mass is 35.5. The van der Waals surface area contributed by atoms with Gasteiger partial charge in [0, 0.05) is 13.0 Å². The van der Waals surface area contributed by atoms with E-state index in [4.69, 9.17) is 16.7 Å². The fraction of sp³-hybridized carbons (Fsp3) is 0.579. The number of halogens is 1. The van der Waals surface area contributed by atoms with Gasteiger partial charge in [-0.25, -0.2) is 0 Å². The number of benzene rings is 1. The van der Waals surface area contributed by atoms with Gasteiger partial charge in [0.05, 0.1) is 10.6 Å². The molecular formula is C19H26ClNO3. The number of carboxylic acid groups (broad SMARTS) is 1. The zero-order chi connectivity index (χ0) is 17.4. The minimum Gasteiger partial charge on any atom is -0.481 e. The van der Waals surface area contributed by atoms with E-state index in [1.165, 1.54) is 44.9 Å². The van der Waals surface area contributed by atoms with Crippen molar-refractivity contribution in [3.05, 3.63) is 34.3 Å². The van der Waals surface area contributed by atoms with E-state index in [1.54, 1.807) is 18.2 Å². The third-order valence-electron chi connectivity index (χ3n) is 4.68. The van der Waals surface area contributed by atoms with Crippen LogP contribution in [0.15, 0.2) is 18.2 Å². The molecule has 0 spiro atoms. The first-order valence-corrected chi connectivity index (χ1v) is 9.22. The van der Waals surface area contributed by atoms with E-state index in [-0.39, 0.29) is 12.3 Å². The predicted molar refractivity (Wildman–Crippen MR) is 95.6 cm³/mol. The van der Waals surface area contributed by atoms with Gasteiger partial charge in [-0.3, -0.25) is 9.59 Å². The molecule has 4 nitrogen and oxygen atoms in total. The van der Waals surface area contributed by atoms with Crippen molar-refractivity contribution in [3.63, 3.8) is 0 Å². The van der Waals surface area contributed by atoms with Crippen LogP contribution in [-0.4, -0.2) is 23.5 Å². The van der Waals surface area contributed by atoms with Crippen LogP contribution in [0.2, 0.25) is 5.02 Å². The first-order chi connectivity index (χ1) is 11.6. The minimum absolute atomic E-state index is 0.0464. The number of nitrogens with one attached hydrogen (secondary N) is 1. The van der Waals surface area contributed by atoms with Gasteiger partial charge in [-0.05, 0) is 42.9 Å². The Morgan fingerprint density at radius 3 is 2.46 bits per heavy atom. The lowest BCUT2D eigenvalue weighted by atomic mass is 9.91. The number of hydrogen-bond donors (Lipinski definition) is 2. The van der Waals surface area contributed by atoms with Crippen molar-refractivity contribution < 1.29 is 14.7 Å². The van der Waals surface area contributed by atoms with Crippen molar-refractivity contribution in [1.29, 1.82) is 0 Å². The van der Waals surface area contributed by atoms with Gasteiger partial charge in [0.15, 0.2) is 0 Å². The summed E-state index contributed by atoms with van der Waals surface area (Å²) in [4.78, 5) is 23.1. The van der Waals surface area contributed by atoms with E-state index in [0.29, 0.717) is 29.5 Å².